The van der Waals surface area contributed by atoms with Crippen molar-refractivity contribution < 1.29 is 18.4 Å². The number of hydrogen-bond acceptors (Lipinski definition) is 2. The fourth-order valence-corrected chi connectivity index (χ4v) is 4.66. The molecule has 2 fully saturated rings. The van der Waals surface area contributed by atoms with Crippen LogP contribution < -0.4 is 0 Å². The van der Waals surface area contributed by atoms with Gasteiger partial charge in [0.1, 0.15) is 5.92 Å². The molecule has 0 aromatic heterocycles. The molecule has 2 aliphatic rings. The number of carbonyl (C=O) groups excluding carboxylic acids is 2. The summed E-state index contributed by atoms with van der Waals surface area (Å²) in [7, 11) is 0. The summed E-state index contributed by atoms with van der Waals surface area (Å²) < 4.78 is 28.3. The third-order valence-electron chi connectivity index (χ3n) is 5.99. The lowest BCUT2D eigenvalue weighted by atomic mass is 9.73. The Kier molecular flexibility index (Phi) is 4.63. The van der Waals surface area contributed by atoms with E-state index in [-0.39, 0.29) is 34.0 Å². The SMILES string of the molecule is CCc1ccc(-c2ccc(Cl)c(F)c2F)cc1C1C(=O)[C@@H]2CC[C@@H](C2)C1=O. The van der Waals surface area contributed by atoms with Crippen LogP contribution in [0.1, 0.15) is 43.2 Å². The quantitative estimate of drug-likeness (QED) is 0.514. The van der Waals surface area contributed by atoms with Crippen LogP contribution in [-0.4, -0.2) is 11.6 Å². The summed E-state index contributed by atoms with van der Waals surface area (Å²) in [6, 6.07) is 7.89. The fraction of sp³-hybridized carbons (Fsp3) is 0.364. The fourth-order valence-electron chi connectivity index (χ4n) is 4.52. The number of halogens is 3. The van der Waals surface area contributed by atoms with Crippen LogP contribution in [0.5, 0.6) is 0 Å². The molecule has 0 spiro atoms. The largest absolute Gasteiger partial charge is 0.298 e. The molecule has 0 saturated heterocycles. The molecule has 1 unspecified atom stereocenters. The first-order valence-electron chi connectivity index (χ1n) is 9.26. The summed E-state index contributed by atoms with van der Waals surface area (Å²) in [5.74, 6) is -3.08. The van der Waals surface area contributed by atoms with Gasteiger partial charge in [-0.3, -0.25) is 9.59 Å². The Morgan fingerprint density at radius 3 is 2.30 bits per heavy atom. The molecular weight excluding hydrogens is 370 g/mol. The maximum atomic E-state index is 14.4. The molecule has 2 bridgehead atoms. The van der Waals surface area contributed by atoms with E-state index in [0.717, 1.165) is 18.4 Å². The standard InChI is InChI=1S/C22H19ClF2O2/c1-2-11-3-4-12(15-7-8-17(23)20(25)19(15)24)10-16(11)18-21(26)13-5-6-14(9-13)22(18)27/h3-4,7-8,10,13-14,18H,2,5-6,9H2,1H3/t13-,14+,18?. The first-order chi connectivity index (χ1) is 12.9. The second-order valence-corrected chi connectivity index (χ2v) is 7.84. The Hall–Kier alpha value is -2.07. The topological polar surface area (TPSA) is 34.1 Å². The molecule has 0 amide bonds. The van der Waals surface area contributed by atoms with Crippen LogP contribution in [0.4, 0.5) is 8.78 Å². The van der Waals surface area contributed by atoms with E-state index >= 15 is 0 Å². The smallest absolute Gasteiger partial charge is 0.178 e. The molecule has 5 heteroatoms. The maximum absolute atomic E-state index is 14.4. The van der Waals surface area contributed by atoms with E-state index in [4.69, 9.17) is 11.6 Å². The zero-order valence-electron chi connectivity index (χ0n) is 14.9. The van der Waals surface area contributed by atoms with E-state index in [9.17, 15) is 18.4 Å². The minimum absolute atomic E-state index is 0.0247. The van der Waals surface area contributed by atoms with Crippen LogP contribution in [0.15, 0.2) is 30.3 Å². The zero-order valence-corrected chi connectivity index (χ0v) is 15.7. The van der Waals surface area contributed by atoms with Crippen molar-refractivity contribution in [3.8, 4) is 11.1 Å². The molecule has 140 valence electrons. The van der Waals surface area contributed by atoms with Crippen molar-refractivity contribution in [2.24, 2.45) is 11.8 Å². The van der Waals surface area contributed by atoms with E-state index in [1.807, 2.05) is 6.92 Å². The average molecular weight is 389 g/mol. The molecule has 0 radical (unpaired) electrons. The van der Waals surface area contributed by atoms with Crippen LogP contribution in [0.2, 0.25) is 5.02 Å². The van der Waals surface area contributed by atoms with E-state index in [1.54, 1.807) is 18.2 Å². The van der Waals surface area contributed by atoms with Crippen LogP contribution in [0.25, 0.3) is 11.1 Å². The number of fused-ring (bicyclic) bond motifs is 2. The number of hydrogen-bond donors (Lipinski definition) is 0. The molecule has 0 N–H and O–H groups in total. The maximum Gasteiger partial charge on any atom is 0.178 e. The molecule has 27 heavy (non-hydrogen) atoms. The number of ketones is 2. The Morgan fingerprint density at radius 1 is 1.00 bits per heavy atom. The highest BCUT2D eigenvalue weighted by molar-refractivity contribution is 6.30. The van der Waals surface area contributed by atoms with Gasteiger partial charge in [-0.05, 0) is 60.6 Å². The van der Waals surface area contributed by atoms with Crippen molar-refractivity contribution in [1.82, 2.24) is 0 Å². The molecule has 2 aromatic rings. The molecule has 3 atom stereocenters. The molecular formula is C22H19ClF2O2. The van der Waals surface area contributed by atoms with Gasteiger partial charge in [-0.1, -0.05) is 30.7 Å². The van der Waals surface area contributed by atoms with Gasteiger partial charge in [0.25, 0.3) is 0 Å². The lowest BCUT2D eigenvalue weighted by Gasteiger charge is -2.27. The van der Waals surface area contributed by atoms with Gasteiger partial charge >= 0.3 is 0 Å². The Morgan fingerprint density at radius 2 is 1.67 bits per heavy atom. The van der Waals surface area contributed by atoms with Crippen molar-refractivity contribution in [2.75, 3.05) is 0 Å². The van der Waals surface area contributed by atoms with Gasteiger partial charge < -0.3 is 0 Å². The van der Waals surface area contributed by atoms with Crippen LogP contribution in [0, 0.1) is 23.5 Å². The summed E-state index contributed by atoms with van der Waals surface area (Å²) in [6.07, 6.45) is 2.85. The van der Waals surface area contributed by atoms with Gasteiger partial charge in [0.05, 0.1) is 5.02 Å². The van der Waals surface area contributed by atoms with Gasteiger partial charge in [0.15, 0.2) is 23.2 Å². The second-order valence-electron chi connectivity index (χ2n) is 7.43. The van der Waals surface area contributed by atoms with Gasteiger partial charge in [0, 0.05) is 17.4 Å². The number of benzene rings is 2. The first kappa shape index (κ1) is 18.3. The second kappa shape index (κ2) is 6.83. The summed E-state index contributed by atoms with van der Waals surface area (Å²) in [5, 5.41) is -0.282. The molecule has 2 saturated carbocycles. The monoisotopic (exact) mass is 388 g/mol. The van der Waals surface area contributed by atoms with E-state index in [2.05, 4.69) is 0 Å². The molecule has 2 nitrogen and oxygen atoms in total. The summed E-state index contributed by atoms with van der Waals surface area (Å²) in [5.41, 5.74) is 2.03. The van der Waals surface area contributed by atoms with Gasteiger partial charge in [-0.25, -0.2) is 8.78 Å². The Labute approximate surface area is 161 Å². The van der Waals surface area contributed by atoms with Gasteiger partial charge in [-0.2, -0.15) is 0 Å². The number of rotatable bonds is 3. The predicted octanol–water partition coefficient (Wildman–Crippen LogP) is 5.50. The molecule has 0 heterocycles. The molecule has 0 aliphatic heterocycles. The number of carbonyl (C=O) groups is 2. The summed E-state index contributed by atoms with van der Waals surface area (Å²) in [6.45, 7) is 1.95. The third kappa shape index (κ3) is 2.91. The van der Waals surface area contributed by atoms with Gasteiger partial charge in [-0.15, -0.1) is 0 Å². The predicted molar refractivity (Wildman–Crippen MR) is 99.8 cm³/mol. The van der Waals surface area contributed by atoms with E-state index < -0.39 is 17.6 Å². The first-order valence-corrected chi connectivity index (χ1v) is 9.64. The highest BCUT2D eigenvalue weighted by atomic mass is 35.5. The lowest BCUT2D eigenvalue weighted by molar-refractivity contribution is -0.135. The van der Waals surface area contributed by atoms with Crippen molar-refractivity contribution in [2.45, 2.75) is 38.5 Å². The minimum Gasteiger partial charge on any atom is -0.298 e. The Balaban J connectivity index is 1.84. The van der Waals surface area contributed by atoms with Crippen molar-refractivity contribution >= 4 is 23.2 Å². The van der Waals surface area contributed by atoms with Crippen LogP contribution in [0.3, 0.4) is 0 Å². The highest BCUT2D eigenvalue weighted by Crippen LogP contribution is 2.45. The van der Waals surface area contributed by atoms with Crippen LogP contribution in [-0.2, 0) is 16.0 Å². The molecule has 4 rings (SSSR count). The lowest BCUT2D eigenvalue weighted by Crippen LogP contribution is -2.35. The molecule has 2 aromatic carbocycles. The van der Waals surface area contributed by atoms with Gasteiger partial charge in [0.2, 0.25) is 0 Å². The van der Waals surface area contributed by atoms with Crippen molar-refractivity contribution in [3.63, 3.8) is 0 Å². The van der Waals surface area contributed by atoms with E-state index in [1.165, 1.54) is 12.1 Å². The normalized spacial score (nSPS) is 24.5. The van der Waals surface area contributed by atoms with E-state index in [0.29, 0.717) is 24.0 Å². The van der Waals surface area contributed by atoms with Crippen LogP contribution >= 0.6 is 11.6 Å². The number of aryl methyl sites for hydroxylation is 1. The molecule has 2 aliphatic carbocycles. The van der Waals surface area contributed by atoms with Crippen molar-refractivity contribution in [3.05, 3.63) is 58.1 Å². The van der Waals surface area contributed by atoms with Crippen molar-refractivity contribution in [1.29, 1.82) is 0 Å². The number of Topliss-reactive ketones (excluding diaryl/α,β-unsaturated/α-hetero) is 2. The zero-order chi connectivity index (χ0) is 19.3. The third-order valence-corrected chi connectivity index (χ3v) is 6.28. The average Bonchev–Trinajstić information content (AvgIpc) is 3.12. The minimum atomic E-state index is -1.10. The highest BCUT2D eigenvalue weighted by Gasteiger charge is 2.47. The summed E-state index contributed by atoms with van der Waals surface area (Å²) in [4.78, 5) is 25.8. The summed E-state index contributed by atoms with van der Waals surface area (Å²) >= 11 is 5.65. The Bertz CT molecular complexity index is 932.